The van der Waals surface area contributed by atoms with Gasteiger partial charge in [0.25, 0.3) is 0 Å². The average molecular weight is 445 g/mol. The Morgan fingerprint density at radius 2 is 1.70 bits per heavy atom. The van der Waals surface area contributed by atoms with Gasteiger partial charge < -0.3 is 9.88 Å². The molecule has 0 atom stereocenters. The second-order valence-electron chi connectivity index (χ2n) is 6.50. The van der Waals surface area contributed by atoms with Gasteiger partial charge in [0, 0.05) is 25.2 Å². The Bertz CT molecular complexity index is 1160. The van der Waals surface area contributed by atoms with Crippen LogP contribution in [0.2, 0.25) is 0 Å². The Hall–Kier alpha value is -2.98. The zero-order chi connectivity index (χ0) is 21.7. The minimum atomic E-state index is -3.54. The van der Waals surface area contributed by atoms with Gasteiger partial charge in [-0.15, -0.1) is 10.2 Å². The van der Waals surface area contributed by atoms with Crippen molar-refractivity contribution < 1.29 is 18.0 Å². The van der Waals surface area contributed by atoms with E-state index in [-0.39, 0.29) is 28.1 Å². The van der Waals surface area contributed by atoms with Crippen LogP contribution < -0.4 is 5.32 Å². The number of hydrogen-bond donors (Lipinski definition) is 1. The first-order valence-electron chi connectivity index (χ1n) is 8.96. The molecular weight excluding hydrogens is 424 g/mol. The first-order chi connectivity index (χ1) is 14.3. The van der Waals surface area contributed by atoms with Crippen molar-refractivity contribution in [1.82, 2.24) is 14.8 Å². The number of amides is 1. The molecule has 0 fully saturated rings. The van der Waals surface area contributed by atoms with Crippen LogP contribution in [0.4, 0.5) is 5.69 Å². The fraction of sp³-hybridized carbons (Fsp3) is 0.200. The minimum absolute atomic E-state index is 0.115. The van der Waals surface area contributed by atoms with Crippen LogP contribution in [0.3, 0.4) is 0 Å². The van der Waals surface area contributed by atoms with Crippen LogP contribution in [0, 0.1) is 0 Å². The van der Waals surface area contributed by atoms with Gasteiger partial charge in [-0.05, 0) is 36.4 Å². The summed E-state index contributed by atoms with van der Waals surface area (Å²) < 4.78 is 26.7. The number of Topliss-reactive ketones (excluding diaryl/α,β-unsaturated/α-hetero) is 1. The molecule has 0 aliphatic carbocycles. The van der Waals surface area contributed by atoms with E-state index in [2.05, 4.69) is 15.5 Å². The summed E-state index contributed by atoms with van der Waals surface area (Å²) in [5.41, 5.74) is 1.12. The maximum atomic E-state index is 12.5. The summed E-state index contributed by atoms with van der Waals surface area (Å²) in [6.07, 6.45) is 0. The lowest BCUT2D eigenvalue weighted by atomic mass is 10.1. The summed E-state index contributed by atoms with van der Waals surface area (Å²) in [6, 6.07) is 14.8. The van der Waals surface area contributed by atoms with E-state index in [1.165, 1.54) is 30.8 Å². The number of nitrogens with one attached hydrogen (secondary N) is 1. The second-order valence-corrected chi connectivity index (χ2v) is 9.43. The van der Waals surface area contributed by atoms with Crippen LogP contribution in [-0.2, 0) is 27.4 Å². The molecule has 1 amide bonds. The van der Waals surface area contributed by atoms with E-state index in [4.69, 9.17) is 0 Å². The number of thioether (sulfide) groups is 1. The molecule has 10 heteroatoms. The van der Waals surface area contributed by atoms with Gasteiger partial charge in [0.05, 0.1) is 10.6 Å². The molecule has 0 bridgehead atoms. The zero-order valence-electron chi connectivity index (χ0n) is 16.4. The van der Waals surface area contributed by atoms with Crippen molar-refractivity contribution >= 4 is 39.0 Å². The van der Waals surface area contributed by atoms with Crippen LogP contribution in [0.25, 0.3) is 0 Å². The number of rotatable bonds is 8. The Morgan fingerprint density at radius 3 is 2.33 bits per heavy atom. The van der Waals surface area contributed by atoms with Crippen molar-refractivity contribution in [3.8, 4) is 0 Å². The first-order valence-corrected chi connectivity index (χ1v) is 11.6. The molecule has 1 heterocycles. The fourth-order valence-corrected chi connectivity index (χ4v) is 4.79. The summed E-state index contributed by atoms with van der Waals surface area (Å²) in [5.74, 6) is -0.155. The van der Waals surface area contributed by atoms with Gasteiger partial charge in [-0.3, -0.25) is 9.59 Å². The Labute approximate surface area is 178 Å². The molecule has 156 valence electrons. The number of carbonyl (C=O) groups excluding carboxylic acids is 2. The molecule has 1 aromatic heterocycles. The van der Waals surface area contributed by atoms with E-state index in [1.807, 2.05) is 0 Å². The zero-order valence-corrected chi connectivity index (χ0v) is 18.0. The van der Waals surface area contributed by atoms with Gasteiger partial charge in [-0.25, -0.2) is 8.42 Å². The Balaban J connectivity index is 1.64. The number of anilines is 1. The molecular formula is C20H20N4O4S2. The number of sulfone groups is 1. The van der Waals surface area contributed by atoms with Gasteiger partial charge in [-0.2, -0.15) is 0 Å². The van der Waals surface area contributed by atoms with E-state index >= 15 is 0 Å². The van der Waals surface area contributed by atoms with Crippen LogP contribution in [0.15, 0.2) is 64.6 Å². The molecule has 0 unspecified atom stereocenters. The van der Waals surface area contributed by atoms with Crippen molar-refractivity contribution in [2.45, 2.75) is 22.7 Å². The molecule has 0 spiro atoms. The van der Waals surface area contributed by atoms with Crippen molar-refractivity contribution in [2.24, 2.45) is 7.05 Å². The molecule has 0 radical (unpaired) electrons. The van der Waals surface area contributed by atoms with Gasteiger partial charge >= 0.3 is 0 Å². The highest BCUT2D eigenvalue weighted by molar-refractivity contribution is 7.99. The highest BCUT2D eigenvalue weighted by Gasteiger charge is 2.20. The van der Waals surface area contributed by atoms with Gasteiger partial charge in [0.15, 0.2) is 20.8 Å². The standard InChI is InChI=1S/C20H20N4O4S2/c1-14(25)21-16-10-8-15(9-11-16)18(26)12-29-20-23-22-19(24(20)2)13-30(27,28)17-6-4-3-5-7-17/h3-11H,12-13H2,1-2H3,(H,21,25). The molecule has 0 aliphatic heterocycles. The van der Waals surface area contributed by atoms with E-state index < -0.39 is 9.84 Å². The van der Waals surface area contributed by atoms with E-state index in [0.29, 0.717) is 22.2 Å². The molecule has 2 aromatic carbocycles. The van der Waals surface area contributed by atoms with E-state index in [1.54, 1.807) is 54.1 Å². The molecule has 1 N–H and O–H groups in total. The summed E-state index contributed by atoms with van der Waals surface area (Å²) in [4.78, 5) is 23.7. The lowest BCUT2D eigenvalue weighted by molar-refractivity contribution is -0.114. The van der Waals surface area contributed by atoms with Gasteiger partial charge in [0.2, 0.25) is 5.91 Å². The van der Waals surface area contributed by atoms with Crippen molar-refractivity contribution in [1.29, 1.82) is 0 Å². The second kappa shape index (κ2) is 9.23. The predicted octanol–water partition coefficient (Wildman–Crippen LogP) is 2.72. The molecule has 0 saturated carbocycles. The smallest absolute Gasteiger partial charge is 0.221 e. The number of aromatic nitrogens is 3. The molecule has 3 aromatic rings. The highest BCUT2D eigenvalue weighted by atomic mass is 32.2. The van der Waals surface area contributed by atoms with E-state index in [9.17, 15) is 18.0 Å². The van der Waals surface area contributed by atoms with Crippen LogP contribution in [0.1, 0.15) is 23.1 Å². The predicted molar refractivity (Wildman–Crippen MR) is 114 cm³/mol. The van der Waals surface area contributed by atoms with Crippen LogP contribution >= 0.6 is 11.8 Å². The maximum absolute atomic E-state index is 12.5. The largest absolute Gasteiger partial charge is 0.326 e. The SMILES string of the molecule is CC(=O)Nc1ccc(C(=O)CSc2nnc(CS(=O)(=O)c3ccccc3)n2C)cc1. The third kappa shape index (κ3) is 5.33. The molecule has 0 aliphatic rings. The van der Waals surface area contributed by atoms with E-state index in [0.717, 1.165) is 0 Å². The lowest BCUT2D eigenvalue weighted by Gasteiger charge is -2.06. The number of ketones is 1. The molecule has 0 saturated heterocycles. The molecule has 8 nitrogen and oxygen atoms in total. The number of benzene rings is 2. The third-order valence-corrected chi connectivity index (χ3v) is 6.86. The number of hydrogen-bond acceptors (Lipinski definition) is 7. The molecule has 30 heavy (non-hydrogen) atoms. The van der Waals surface area contributed by atoms with Crippen LogP contribution in [-0.4, -0.2) is 40.6 Å². The maximum Gasteiger partial charge on any atom is 0.221 e. The topological polar surface area (TPSA) is 111 Å². The van der Waals surface area contributed by atoms with Crippen molar-refractivity contribution in [2.75, 3.05) is 11.1 Å². The summed E-state index contributed by atoms with van der Waals surface area (Å²) in [5, 5.41) is 11.1. The summed E-state index contributed by atoms with van der Waals surface area (Å²) in [6.45, 7) is 1.41. The Morgan fingerprint density at radius 1 is 1.03 bits per heavy atom. The number of nitrogens with zero attached hydrogens (tertiary/aromatic N) is 3. The van der Waals surface area contributed by atoms with Gasteiger partial charge in [0.1, 0.15) is 11.6 Å². The highest BCUT2D eigenvalue weighted by Crippen LogP contribution is 2.21. The van der Waals surface area contributed by atoms with Gasteiger partial charge in [-0.1, -0.05) is 30.0 Å². The average Bonchev–Trinajstić information content (AvgIpc) is 3.06. The normalized spacial score (nSPS) is 11.3. The monoisotopic (exact) mass is 444 g/mol. The lowest BCUT2D eigenvalue weighted by Crippen LogP contribution is -2.10. The quantitative estimate of drug-likeness (QED) is 0.420. The number of carbonyl (C=O) groups is 2. The fourth-order valence-electron chi connectivity index (χ4n) is 2.63. The minimum Gasteiger partial charge on any atom is -0.326 e. The molecule has 3 rings (SSSR count). The van der Waals surface area contributed by atoms with Crippen molar-refractivity contribution in [3.63, 3.8) is 0 Å². The van der Waals surface area contributed by atoms with Crippen LogP contribution in [0.5, 0.6) is 0 Å². The summed E-state index contributed by atoms with van der Waals surface area (Å²) in [7, 11) is -1.87. The van der Waals surface area contributed by atoms with Crippen molar-refractivity contribution in [3.05, 3.63) is 66.0 Å². The summed E-state index contributed by atoms with van der Waals surface area (Å²) >= 11 is 1.18. The third-order valence-electron chi connectivity index (χ3n) is 4.21. The Kier molecular flexibility index (Phi) is 6.68. The first kappa shape index (κ1) is 21.7.